The number of aliphatic hydroxyl groups excluding tert-OH is 1. The third-order valence-electron chi connectivity index (χ3n) is 3.07. The second-order valence-electron chi connectivity index (χ2n) is 4.53. The van der Waals surface area contributed by atoms with E-state index in [1.165, 1.54) is 0 Å². The molecule has 4 heteroatoms. The lowest BCUT2D eigenvalue weighted by molar-refractivity contribution is 0.174. The van der Waals surface area contributed by atoms with Crippen LogP contribution in [0.2, 0.25) is 0 Å². The first-order valence-corrected chi connectivity index (χ1v) is 7.26. The van der Waals surface area contributed by atoms with Crippen LogP contribution in [0.4, 0.5) is 0 Å². The molecule has 0 unspecified atom stereocenters. The summed E-state index contributed by atoms with van der Waals surface area (Å²) in [5.41, 5.74) is 2.06. The topological polar surface area (TPSA) is 41.5 Å². The number of rotatable bonds is 6. The van der Waals surface area contributed by atoms with Gasteiger partial charge < -0.3 is 15.2 Å². The van der Waals surface area contributed by atoms with Gasteiger partial charge >= 0.3 is 0 Å². The van der Waals surface area contributed by atoms with Gasteiger partial charge in [0.1, 0.15) is 5.75 Å². The molecule has 20 heavy (non-hydrogen) atoms. The largest absolute Gasteiger partial charge is 0.496 e. The van der Waals surface area contributed by atoms with E-state index in [0.717, 1.165) is 21.3 Å². The normalized spacial score (nSPS) is 12.2. The number of hydrogen-bond donors (Lipinski definition) is 2. The molecular weight excluding hydrogens is 318 g/mol. The van der Waals surface area contributed by atoms with Crippen LogP contribution in [0.1, 0.15) is 17.2 Å². The van der Waals surface area contributed by atoms with Gasteiger partial charge in [0.15, 0.2) is 0 Å². The Labute approximate surface area is 127 Å². The van der Waals surface area contributed by atoms with E-state index in [4.69, 9.17) is 4.74 Å². The molecule has 0 fully saturated rings. The fourth-order valence-corrected chi connectivity index (χ4v) is 2.55. The molecule has 0 saturated carbocycles. The standard InChI is InChI=1S/C16H18BrNO2/c1-20-16-8-7-12(9-14(16)17)10-18-11-15(19)13-5-3-2-4-6-13/h2-9,15,18-19H,10-11H2,1H3/t15-/m0/s1. The molecule has 106 valence electrons. The molecule has 0 aromatic heterocycles. The van der Waals surface area contributed by atoms with Crippen LogP contribution in [0.15, 0.2) is 53.0 Å². The molecule has 0 heterocycles. The molecule has 0 bridgehead atoms. The van der Waals surface area contributed by atoms with Crippen LogP contribution >= 0.6 is 15.9 Å². The highest BCUT2D eigenvalue weighted by Gasteiger charge is 2.06. The van der Waals surface area contributed by atoms with Crippen molar-refractivity contribution < 1.29 is 9.84 Å². The van der Waals surface area contributed by atoms with Gasteiger partial charge in [-0.3, -0.25) is 0 Å². The summed E-state index contributed by atoms with van der Waals surface area (Å²) in [5.74, 6) is 0.818. The van der Waals surface area contributed by atoms with Crippen molar-refractivity contribution in [2.75, 3.05) is 13.7 Å². The highest BCUT2D eigenvalue weighted by molar-refractivity contribution is 9.10. The van der Waals surface area contributed by atoms with Crippen molar-refractivity contribution in [3.63, 3.8) is 0 Å². The average molecular weight is 336 g/mol. The first kappa shape index (κ1) is 15.0. The van der Waals surface area contributed by atoms with Crippen LogP contribution in [-0.2, 0) is 6.54 Å². The summed E-state index contributed by atoms with van der Waals surface area (Å²) in [4.78, 5) is 0. The van der Waals surface area contributed by atoms with Gasteiger partial charge in [-0.15, -0.1) is 0 Å². The van der Waals surface area contributed by atoms with E-state index in [9.17, 15) is 5.11 Å². The lowest BCUT2D eigenvalue weighted by Crippen LogP contribution is -2.21. The van der Waals surface area contributed by atoms with Gasteiger partial charge in [0, 0.05) is 13.1 Å². The van der Waals surface area contributed by atoms with Crippen molar-refractivity contribution in [2.24, 2.45) is 0 Å². The third-order valence-corrected chi connectivity index (χ3v) is 3.69. The van der Waals surface area contributed by atoms with Crippen LogP contribution in [-0.4, -0.2) is 18.8 Å². The van der Waals surface area contributed by atoms with Gasteiger partial charge in [-0.1, -0.05) is 36.4 Å². The lowest BCUT2D eigenvalue weighted by Gasteiger charge is -2.12. The van der Waals surface area contributed by atoms with Gasteiger partial charge in [-0.2, -0.15) is 0 Å². The van der Waals surface area contributed by atoms with E-state index in [2.05, 4.69) is 21.2 Å². The van der Waals surface area contributed by atoms with E-state index in [1.54, 1.807) is 7.11 Å². The number of nitrogens with one attached hydrogen (secondary N) is 1. The summed E-state index contributed by atoms with van der Waals surface area (Å²) in [7, 11) is 1.65. The zero-order valence-corrected chi connectivity index (χ0v) is 12.9. The average Bonchev–Trinajstić information content (AvgIpc) is 2.48. The molecule has 2 aromatic carbocycles. The van der Waals surface area contributed by atoms with Crippen LogP contribution in [0.25, 0.3) is 0 Å². The molecule has 0 aliphatic rings. The maximum atomic E-state index is 10.0. The van der Waals surface area contributed by atoms with Crippen LogP contribution in [0.5, 0.6) is 5.75 Å². The molecule has 0 radical (unpaired) electrons. The zero-order chi connectivity index (χ0) is 14.4. The SMILES string of the molecule is COc1ccc(CNC[C@H](O)c2ccccc2)cc1Br. The second-order valence-corrected chi connectivity index (χ2v) is 5.38. The minimum Gasteiger partial charge on any atom is -0.496 e. The fraction of sp³-hybridized carbons (Fsp3) is 0.250. The minimum atomic E-state index is -0.488. The highest BCUT2D eigenvalue weighted by Crippen LogP contribution is 2.25. The fourth-order valence-electron chi connectivity index (χ4n) is 1.97. The van der Waals surface area contributed by atoms with Crippen LogP contribution < -0.4 is 10.1 Å². The summed E-state index contributed by atoms with van der Waals surface area (Å²) in [6, 6.07) is 15.6. The number of hydrogen-bond acceptors (Lipinski definition) is 3. The lowest BCUT2D eigenvalue weighted by atomic mass is 10.1. The molecule has 0 spiro atoms. The van der Waals surface area contributed by atoms with Gasteiger partial charge in [0.25, 0.3) is 0 Å². The molecule has 3 nitrogen and oxygen atoms in total. The molecule has 2 aromatic rings. The zero-order valence-electron chi connectivity index (χ0n) is 11.3. The summed E-state index contributed by atoms with van der Waals surface area (Å²) in [5, 5.41) is 13.3. The second kappa shape index (κ2) is 7.43. The van der Waals surface area contributed by atoms with Crippen molar-refractivity contribution in [3.05, 3.63) is 64.1 Å². The molecule has 0 amide bonds. The Morgan fingerprint density at radius 3 is 2.60 bits per heavy atom. The Hall–Kier alpha value is -1.36. The summed E-state index contributed by atoms with van der Waals surface area (Å²) in [6.07, 6.45) is -0.488. The number of methoxy groups -OCH3 is 1. The summed E-state index contributed by atoms with van der Waals surface area (Å²) >= 11 is 3.46. The molecule has 2 rings (SSSR count). The summed E-state index contributed by atoms with van der Waals surface area (Å²) in [6.45, 7) is 1.22. The van der Waals surface area contributed by atoms with Crippen molar-refractivity contribution in [2.45, 2.75) is 12.6 Å². The third kappa shape index (κ3) is 4.07. The summed E-state index contributed by atoms with van der Waals surface area (Å²) < 4.78 is 6.13. The van der Waals surface area contributed by atoms with Gasteiger partial charge in [0.2, 0.25) is 0 Å². The highest BCUT2D eigenvalue weighted by atomic mass is 79.9. The van der Waals surface area contributed by atoms with E-state index in [0.29, 0.717) is 13.1 Å². The number of benzene rings is 2. The number of ether oxygens (including phenoxy) is 1. The molecule has 0 aliphatic heterocycles. The van der Waals surface area contributed by atoms with Gasteiger partial charge in [-0.05, 0) is 39.2 Å². The number of halogens is 1. The maximum absolute atomic E-state index is 10.0. The Bertz CT molecular complexity index is 545. The molecule has 0 saturated heterocycles. The van der Waals surface area contributed by atoms with E-state index >= 15 is 0 Å². The quantitative estimate of drug-likeness (QED) is 0.851. The Morgan fingerprint density at radius 2 is 1.95 bits per heavy atom. The van der Waals surface area contributed by atoms with Crippen molar-refractivity contribution in [1.82, 2.24) is 5.32 Å². The first-order chi connectivity index (χ1) is 9.70. The number of aliphatic hydroxyl groups is 1. The monoisotopic (exact) mass is 335 g/mol. The van der Waals surface area contributed by atoms with Crippen molar-refractivity contribution >= 4 is 15.9 Å². The minimum absolute atomic E-state index is 0.488. The Kier molecular flexibility index (Phi) is 5.59. The molecule has 0 aliphatic carbocycles. The Balaban J connectivity index is 1.85. The smallest absolute Gasteiger partial charge is 0.133 e. The van der Waals surface area contributed by atoms with Crippen molar-refractivity contribution in [3.8, 4) is 5.75 Å². The Morgan fingerprint density at radius 1 is 1.20 bits per heavy atom. The van der Waals surface area contributed by atoms with E-state index in [1.807, 2.05) is 48.5 Å². The van der Waals surface area contributed by atoms with E-state index in [-0.39, 0.29) is 0 Å². The molecule has 1 atom stereocenters. The van der Waals surface area contributed by atoms with E-state index < -0.39 is 6.10 Å². The van der Waals surface area contributed by atoms with Crippen molar-refractivity contribution in [1.29, 1.82) is 0 Å². The van der Waals surface area contributed by atoms with Crippen LogP contribution in [0, 0.1) is 0 Å². The predicted molar refractivity (Wildman–Crippen MR) is 83.8 cm³/mol. The van der Waals surface area contributed by atoms with Gasteiger partial charge in [-0.25, -0.2) is 0 Å². The maximum Gasteiger partial charge on any atom is 0.133 e. The molecular formula is C16H18BrNO2. The molecule has 2 N–H and O–H groups in total. The van der Waals surface area contributed by atoms with Crippen LogP contribution in [0.3, 0.4) is 0 Å². The first-order valence-electron chi connectivity index (χ1n) is 6.47. The predicted octanol–water partition coefficient (Wildman–Crippen LogP) is 3.28. The van der Waals surface area contributed by atoms with Gasteiger partial charge in [0.05, 0.1) is 17.7 Å².